The van der Waals surface area contributed by atoms with Crippen LogP contribution in [0.15, 0.2) is 48.0 Å². The number of benzene rings is 1. The number of ether oxygens (including phenoxy) is 1. The first-order chi connectivity index (χ1) is 11.6. The van der Waals surface area contributed by atoms with Gasteiger partial charge in [0.1, 0.15) is 0 Å². The lowest BCUT2D eigenvalue weighted by Gasteiger charge is -2.01. The number of halogens is 1. The van der Waals surface area contributed by atoms with Gasteiger partial charge in [-0.1, -0.05) is 23.7 Å². The van der Waals surface area contributed by atoms with E-state index in [1.165, 1.54) is 22.2 Å². The fourth-order valence-electron chi connectivity index (χ4n) is 2.18. The summed E-state index contributed by atoms with van der Waals surface area (Å²) in [5.41, 5.74) is 0.851. The number of hydrogen-bond donors (Lipinski definition) is 0. The molecule has 0 radical (unpaired) electrons. The highest BCUT2D eigenvalue weighted by molar-refractivity contribution is 7.12. The summed E-state index contributed by atoms with van der Waals surface area (Å²) in [7, 11) is 0. The summed E-state index contributed by atoms with van der Waals surface area (Å²) in [6.45, 7) is 1.90. The molecule has 2 aromatic heterocycles. The Morgan fingerprint density at radius 2 is 2.12 bits per heavy atom. The van der Waals surface area contributed by atoms with Crippen LogP contribution in [0.2, 0.25) is 5.02 Å². The molecular formula is C17H13ClN2O3S. The SMILES string of the molecule is CCOC(=O)c1nn(-c2cccc(Cl)c2)cc1C(=O)c1cccs1. The lowest BCUT2D eigenvalue weighted by Crippen LogP contribution is -2.11. The Bertz CT molecular complexity index is 887. The molecule has 122 valence electrons. The van der Waals surface area contributed by atoms with Gasteiger partial charge in [0.2, 0.25) is 5.78 Å². The van der Waals surface area contributed by atoms with E-state index in [0.717, 1.165) is 0 Å². The van der Waals surface area contributed by atoms with Gasteiger partial charge in [0.05, 0.1) is 22.7 Å². The second kappa shape index (κ2) is 6.98. The molecule has 1 aromatic carbocycles. The van der Waals surface area contributed by atoms with Crippen LogP contribution >= 0.6 is 22.9 Å². The number of nitrogens with zero attached hydrogens (tertiary/aromatic N) is 2. The van der Waals surface area contributed by atoms with Gasteiger partial charge < -0.3 is 4.74 Å². The average molecular weight is 361 g/mol. The number of carbonyl (C=O) groups is 2. The van der Waals surface area contributed by atoms with Crippen LogP contribution in [0.1, 0.15) is 32.6 Å². The minimum atomic E-state index is -0.627. The number of esters is 1. The van der Waals surface area contributed by atoms with E-state index >= 15 is 0 Å². The molecule has 0 saturated carbocycles. The number of aromatic nitrogens is 2. The van der Waals surface area contributed by atoms with Crippen molar-refractivity contribution in [2.45, 2.75) is 6.92 Å². The molecule has 0 N–H and O–H groups in total. The lowest BCUT2D eigenvalue weighted by molar-refractivity contribution is 0.0516. The van der Waals surface area contributed by atoms with E-state index in [-0.39, 0.29) is 23.6 Å². The van der Waals surface area contributed by atoms with Crippen molar-refractivity contribution in [3.05, 3.63) is 69.1 Å². The Hall–Kier alpha value is -2.44. The third-order valence-corrected chi connectivity index (χ3v) is 4.35. The molecule has 0 aliphatic heterocycles. The highest BCUT2D eigenvalue weighted by Crippen LogP contribution is 2.21. The molecule has 0 unspecified atom stereocenters. The monoisotopic (exact) mass is 360 g/mol. The summed E-state index contributed by atoms with van der Waals surface area (Å²) >= 11 is 7.31. The van der Waals surface area contributed by atoms with Gasteiger partial charge in [-0.15, -0.1) is 11.3 Å². The van der Waals surface area contributed by atoms with Crippen molar-refractivity contribution in [3.8, 4) is 5.69 Å². The smallest absolute Gasteiger partial charge is 0.359 e. The van der Waals surface area contributed by atoms with Crippen LogP contribution in [-0.2, 0) is 4.74 Å². The van der Waals surface area contributed by atoms with Gasteiger partial charge in [-0.25, -0.2) is 9.48 Å². The Morgan fingerprint density at radius 1 is 1.29 bits per heavy atom. The highest BCUT2D eigenvalue weighted by atomic mass is 35.5. The van der Waals surface area contributed by atoms with Gasteiger partial charge in [0.15, 0.2) is 5.69 Å². The molecule has 7 heteroatoms. The van der Waals surface area contributed by atoms with Crippen molar-refractivity contribution in [2.75, 3.05) is 6.61 Å². The van der Waals surface area contributed by atoms with Crippen LogP contribution in [0.4, 0.5) is 0 Å². The van der Waals surface area contributed by atoms with Crippen LogP contribution in [-0.4, -0.2) is 28.1 Å². The number of ketones is 1. The maximum atomic E-state index is 12.7. The van der Waals surface area contributed by atoms with Crippen molar-refractivity contribution < 1.29 is 14.3 Å². The second-order valence-electron chi connectivity index (χ2n) is 4.84. The van der Waals surface area contributed by atoms with Crippen LogP contribution < -0.4 is 0 Å². The first-order valence-corrected chi connectivity index (χ1v) is 8.47. The molecule has 0 amide bonds. The van der Waals surface area contributed by atoms with E-state index < -0.39 is 5.97 Å². The molecule has 0 aliphatic rings. The molecule has 2 heterocycles. The number of carbonyl (C=O) groups excluding carboxylic acids is 2. The summed E-state index contributed by atoms with van der Waals surface area (Å²) in [4.78, 5) is 25.4. The zero-order chi connectivity index (χ0) is 17.1. The first kappa shape index (κ1) is 16.4. The predicted octanol–water partition coefficient (Wildman–Crippen LogP) is 3.99. The molecule has 0 fully saturated rings. The van der Waals surface area contributed by atoms with Crippen LogP contribution in [0.25, 0.3) is 5.69 Å². The molecule has 0 spiro atoms. The molecule has 3 rings (SSSR count). The van der Waals surface area contributed by atoms with Gasteiger partial charge in [0, 0.05) is 11.2 Å². The Morgan fingerprint density at radius 3 is 2.79 bits per heavy atom. The van der Waals surface area contributed by atoms with Gasteiger partial charge in [-0.05, 0) is 36.6 Å². The number of thiophene rings is 1. The summed E-state index contributed by atoms with van der Waals surface area (Å²) in [6, 6.07) is 10.5. The summed E-state index contributed by atoms with van der Waals surface area (Å²) in [6.07, 6.45) is 1.53. The minimum absolute atomic E-state index is 0.00442. The maximum absolute atomic E-state index is 12.7. The number of hydrogen-bond acceptors (Lipinski definition) is 5. The largest absolute Gasteiger partial charge is 0.461 e. The highest BCUT2D eigenvalue weighted by Gasteiger charge is 2.25. The molecule has 0 aliphatic carbocycles. The molecule has 0 saturated heterocycles. The molecule has 5 nitrogen and oxygen atoms in total. The zero-order valence-electron chi connectivity index (χ0n) is 12.7. The Labute approximate surface area is 147 Å². The van der Waals surface area contributed by atoms with Crippen molar-refractivity contribution in [1.29, 1.82) is 0 Å². The van der Waals surface area contributed by atoms with E-state index in [9.17, 15) is 9.59 Å². The van der Waals surface area contributed by atoms with E-state index in [1.54, 1.807) is 48.7 Å². The normalized spacial score (nSPS) is 10.6. The quantitative estimate of drug-likeness (QED) is 0.509. The van der Waals surface area contributed by atoms with Gasteiger partial charge in [-0.2, -0.15) is 5.10 Å². The minimum Gasteiger partial charge on any atom is -0.461 e. The zero-order valence-corrected chi connectivity index (χ0v) is 14.3. The van der Waals surface area contributed by atoms with Crippen molar-refractivity contribution in [1.82, 2.24) is 9.78 Å². The summed E-state index contributed by atoms with van der Waals surface area (Å²) in [5.74, 6) is -0.889. The van der Waals surface area contributed by atoms with Crippen LogP contribution in [0.5, 0.6) is 0 Å². The van der Waals surface area contributed by atoms with E-state index in [2.05, 4.69) is 5.10 Å². The molecular weight excluding hydrogens is 348 g/mol. The maximum Gasteiger partial charge on any atom is 0.359 e. The first-order valence-electron chi connectivity index (χ1n) is 7.21. The summed E-state index contributed by atoms with van der Waals surface area (Å²) < 4.78 is 6.48. The molecule has 3 aromatic rings. The van der Waals surface area contributed by atoms with Gasteiger partial charge in [-0.3, -0.25) is 4.79 Å². The molecule has 0 bridgehead atoms. The summed E-state index contributed by atoms with van der Waals surface area (Å²) in [5, 5.41) is 6.58. The van der Waals surface area contributed by atoms with E-state index in [1.807, 2.05) is 0 Å². The van der Waals surface area contributed by atoms with Crippen LogP contribution in [0, 0.1) is 0 Å². The third kappa shape index (κ3) is 3.25. The van der Waals surface area contributed by atoms with Gasteiger partial charge in [0.25, 0.3) is 0 Å². The van der Waals surface area contributed by atoms with Crippen molar-refractivity contribution in [2.24, 2.45) is 0 Å². The van der Waals surface area contributed by atoms with Crippen molar-refractivity contribution in [3.63, 3.8) is 0 Å². The predicted molar refractivity (Wildman–Crippen MR) is 92.3 cm³/mol. The Kier molecular flexibility index (Phi) is 4.78. The average Bonchev–Trinajstić information content (AvgIpc) is 3.24. The fraction of sp³-hybridized carbons (Fsp3) is 0.118. The van der Waals surface area contributed by atoms with Gasteiger partial charge >= 0.3 is 5.97 Å². The van der Waals surface area contributed by atoms with E-state index in [4.69, 9.17) is 16.3 Å². The molecule has 24 heavy (non-hydrogen) atoms. The van der Waals surface area contributed by atoms with Crippen molar-refractivity contribution >= 4 is 34.7 Å². The van der Waals surface area contributed by atoms with E-state index in [0.29, 0.717) is 15.6 Å². The fourth-order valence-corrected chi connectivity index (χ4v) is 3.04. The molecule has 0 atom stereocenters. The number of rotatable bonds is 5. The standard InChI is InChI=1S/C17H13ClN2O3S/c1-2-23-17(22)15-13(16(21)14-7-4-8-24-14)10-20(19-15)12-6-3-5-11(18)9-12/h3-10H,2H2,1H3. The second-order valence-corrected chi connectivity index (χ2v) is 6.23. The lowest BCUT2D eigenvalue weighted by atomic mass is 10.1. The van der Waals surface area contributed by atoms with Crippen LogP contribution in [0.3, 0.4) is 0 Å². The third-order valence-electron chi connectivity index (χ3n) is 3.25. The Balaban J connectivity index is 2.09. The topological polar surface area (TPSA) is 61.2 Å².